The van der Waals surface area contributed by atoms with Gasteiger partial charge in [0.1, 0.15) is 6.10 Å². The van der Waals surface area contributed by atoms with Gasteiger partial charge in [0.2, 0.25) is 0 Å². The van der Waals surface area contributed by atoms with Crippen molar-refractivity contribution >= 4 is 0 Å². The fraction of sp³-hybridized carbons (Fsp3) is 0.727. The predicted molar refractivity (Wildman–Crippen MR) is 104 cm³/mol. The smallest absolute Gasteiger partial charge is 0.165 e. The topological polar surface area (TPSA) is 85.2 Å². The van der Waals surface area contributed by atoms with Gasteiger partial charge >= 0.3 is 0 Å². The highest BCUT2D eigenvalue weighted by Gasteiger charge is 2.72. The summed E-state index contributed by atoms with van der Waals surface area (Å²) in [7, 11) is 0. The summed E-state index contributed by atoms with van der Waals surface area (Å²) in [5, 5.41) is 35.6. The molecule has 5 aliphatic rings. The van der Waals surface area contributed by atoms with Gasteiger partial charge in [0, 0.05) is 30.7 Å². The van der Waals surface area contributed by atoms with E-state index in [-0.39, 0.29) is 30.5 Å². The molecule has 2 aliphatic heterocycles. The van der Waals surface area contributed by atoms with Gasteiger partial charge in [-0.1, -0.05) is 6.07 Å². The van der Waals surface area contributed by atoms with Gasteiger partial charge in [0.15, 0.2) is 11.5 Å². The number of nitrogens with zero attached hydrogens (tertiary/aromatic N) is 1. The van der Waals surface area contributed by atoms with Crippen molar-refractivity contribution in [3.63, 3.8) is 0 Å². The Balaban J connectivity index is 1.49. The van der Waals surface area contributed by atoms with E-state index in [9.17, 15) is 15.3 Å². The van der Waals surface area contributed by atoms with Crippen LogP contribution in [0.4, 0.5) is 0 Å². The molecule has 1 aromatic rings. The van der Waals surface area contributed by atoms with E-state index in [1.165, 1.54) is 18.4 Å². The van der Waals surface area contributed by atoms with Crippen molar-refractivity contribution in [2.75, 3.05) is 26.2 Å². The molecule has 152 valence electrons. The van der Waals surface area contributed by atoms with Gasteiger partial charge in [-0.2, -0.15) is 0 Å². The fourth-order valence-electron chi connectivity index (χ4n) is 6.94. The maximum atomic E-state index is 12.3. The Hall–Kier alpha value is -1.34. The van der Waals surface area contributed by atoms with Crippen LogP contribution in [-0.2, 0) is 11.8 Å². The van der Waals surface area contributed by atoms with E-state index in [1.807, 2.05) is 6.07 Å². The Bertz CT molecular complexity index is 812. The molecule has 6 nitrogen and oxygen atoms in total. The second-order valence-corrected chi connectivity index (χ2v) is 9.61. The number of aliphatic hydroxyl groups excluding tert-OH is 1. The van der Waals surface area contributed by atoms with Crippen molar-refractivity contribution < 1.29 is 20.1 Å². The standard InChI is InChI=1S/C22H30N2O4/c25-10-8-23-15-5-6-22(27)17-11-14-3-4-16(26)19-18(14)21(22,20(15)28-19)7-9-24(17)12-13-1-2-13/h3-4,13,15,17,20,23,25-27H,1-2,5-12H2/t15?,17-,20?,21?,22-/m0/s1. The Kier molecular flexibility index (Phi) is 3.66. The summed E-state index contributed by atoms with van der Waals surface area (Å²) in [5.41, 5.74) is 1.00. The third-order valence-corrected chi connectivity index (χ3v) is 8.28. The second kappa shape index (κ2) is 5.85. The number of aromatic hydroxyl groups is 1. The molecule has 1 spiro atoms. The van der Waals surface area contributed by atoms with Crippen LogP contribution in [0.1, 0.15) is 43.2 Å². The molecule has 2 bridgehead atoms. The Morgan fingerprint density at radius 3 is 2.86 bits per heavy atom. The molecule has 6 rings (SSSR count). The van der Waals surface area contributed by atoms with E-state index in [1.54, 1.807) is 6.07 Å². The molecule has 1 aromatic carbocycles. The summed E-state index contributed by atoms with van der Waals surface area (Å²) >= 11 is 0. The summed E-state index contributed by atoms with van der Waals surface area (Å²) in [6.07, 6.45) is 5.68. The normalized spacial score (nSPS) is 40.9. The summed E-state index contributed by atoms with van der Waals surface area (Å²) in [6.45, 7) is 2.68. The van der Waals surface area contributed by atoms with Gasteiger partial charge in [-0.3, -0.25) is 4.90 Å². The summed E-state index contributed by atoms with van der Waals surface area (Å²) in [4.78, 5) is 2.55. The van der Waals surface area contributed by atoms with E-state index < -0.39 is 11.0 Å². The van der Waals surface area contributed by atoms with Crippen LogP contribution in [-0.4, -0.2) is 70.2 Å². The number of benzene rings is 1. The number of phenolic OH excluding ortho intramolecular Hbond substituents is 1. The minimum absolute atomic E-state index is 0.0702. The first-order chi connectivity index (χ1) is 13.6. The molecule has 3 aliphatic carbocycles. The van der Waals surface area contributed by atoms with Crippen LogP contribution in [0.5, 0.6) is 11.5 Å². The Labute approximate surface area is 165 Å². The summed E-state index contributed by atoms with van der Waals surface area (Å²) in [6, 6.07) is 3.99. The minimum atomic E-state index is -0.825. The molecule has 6 heteroatoms. The largest absolute Gasteiger partial charge is 0.504 e. The lowest BCUT2D eigenvalue weighted by Gasteiger charge is -2.64. The highest BCUT2D eigenvalue weighted by molar-refractivity contribution is 5.62. The number of ether oxygens (including phenoxy) is 1. The van der Waals surface area contributed by atoms with Crippen molar-refractivity contribution in [1.82, 2.24) is 10.2 Å². The lowest BCUT2D eigenvalue weighted by Crippen LogP contribution is -2.78. The van der Waals surface area contributed by atoms with E-state index in [0.29, 0.717) is 12.3 Å². The SMILES string of the molecule is OCCNC1CC[C@]2(O)[C@@H]3Cc4ccc(O)c5c4C2(CCN3CC2CC2)C1O5. The number of rotatable bonds is 5. The number of phenols is 1. The number of likely N-dealkylation sites (tertiary alicyclic amines) is 1. The van der Waals surface area contributed by atoms with Gasteiger partial charge in [-0.05, 0) is 62.6 Å². The van der Waals surface area contributed by atoms with E-state index in [2.05, 4.69) is 10.2 Å². The molecule has 3 fully saturated rings. The molecule has 0 radical (unpaired) electrons. The minimum Gasteiger partial charge on any atom is -0.504 e. The quantitative estimate of drug-likeness (QED) is 0.602. The summed E-state index contributed by atoms with van der Waals surface area (Å²) in [5.74, 6) is 1.57. The van der Waals surface area contributed by atoms with Crippen molar-refractivity contribution in [3.8, 4) is 11.5 Å². The number of piperidine rings is 1. The molecule has 4 N–H and O–H groups in total. The number of hydrogen-bond acceptors (Lipinski definition) is 6. The molecular formula is C22H30N2O4. The first-order valence-electron chi connectivity index (χ1n) is 10.9. The van der Waals surface area contributed by atoms with Crippen LogP contribution in [0.25, 0.3) is 0 Å². The van der Waals surface area contributed by atoms with E-state index in [4.69, 9.17) is 4.74 Å². The molecule has 1 saturated heterocycles. The lowest BCUT2D eigenvalue weighted by molar-refractivity contribution is -0.191. The maximum Gasteiger partial charge on any atom is 0.165 e. The number of hydrogen-bond donors (Lipinski definition) is 4. The first-order valence-corrected chi connectivity index (χ1v) is 10.9. The van der Waals surface area contributed by atoms with Gasteiger partial charge in [0.05, 0.1) is 17.6 Å². The average Bonchev–Trinajstić information content (AvgIpc) is 3.42. The third-order valence-electron chi connectivity index (χ3n) is 8.28. The molecule has 3 unspecified atom stereocenters. The van der Waals surface area contributed by atoms with Gasteiger partial charge in [-0.25, -0.2) is 0 Å². The monoisotopic (exact) mass is 386 g/mol. The molecular weight excluding hydrogens is 356 g/mol. The zero-order valence-electron chi connectivity index (χ0n) is 16.2. The lowest BCUT2D eigenvalue weighted by atomic mass is 9.48. The molecule has 0 aromatic heterocycles. The highest BCUT2D eigenvalue weighted by atomic mass is 16.5. The van der Waals surface area contributed by atoms with Crippen LogP contribution in [0.15, 0.2) is 12.1 Å². The zero-order chi connectivity index (χ0) is 19.1. The van der Waals surface area contributed by atoms with E-state index >= 15 is 0 Å². The van der Waals surface area contributed by atoms with Crippen molar-refractivity contribution in [1.29, 1.82) is 0 Å². The van der Waals surface area contributed by atoms with Crippen LogP contribution >= 0.6 is 0 Å². The van der Waals surface area contributed by atoms with Gasteiger partial charge in [0.25, 0.3) is 0 Å². The van der Waals surface area contributed by atoms with Gasteiger partial charge in [-0.15, -0.1) is 0 Å². The van der Waals surface area contributed by atoms with Crippen LogP contribution < -0.4 is 10.1 Å². The van der Waals surface area contributed by atoms with E-state index in [0.717, 1.165) is 50.3 Å². The maximum absolute atomic E-state index is 12.3. The highest BCUT2D eigenvalue weighted by Crippen LogP contribution is 2.65. The van der Waals surface area contributed by atoms with Crippen LogP contribution in [0, 0.1) is 5.92 Å². The average molecular weight is 386 g/mol. The second-order valence-electron chi connectivity index (χ2n) is 9.61. The van der Waals surface area contributed by atoms with Crippen molar-refractivity contribution in [2.24, 2.45) is 5.92 Å². The summed E-state index contributed by atoms with van der Waals surface area (Å²) < 4.78 is 6.44. The fourth-order valence-corrected chi connectivity index (χ4v) is 6.94. The van der Waals surface area contributed by atoms with Gasteiger partial charge < -0.3 is 25.4 Å². The third kappa shape index (κ3) is 2.07. The zero-order valence-corrected chi connectivity index (χ0v) is 16.2. The molecule has 0 amide bonds. The first kappa shape index (κ1) is 17.5. The molecule has 2 heterocycles. The molecule has 5 atom stereocenters. The molecule has 28 heavy (non-hydrogen) atoms. The van der Waals surface area contributed by atoms with Crippen LogP contribution in [0.3, 0.4) is 0 Å². The molecule has 2 saturated carbocycles. The van der Waals surface area contributed by atoms with Crippen molar-refractivity contribution in [2.45, 2.75) is 67.7 Å². The predicted octanol–water partition coefficient (Wildman–Crippen LogP) is 0.907. The Morgan fingerprint density at radius 2 is 2.07 bits per heavy atom. The van der Waals surface area contributed by atoms with Crippen LogP contribution in [0.2, 0.25) is 0 Å². The van der Waals surface area contributed by atoms with Crippen molar-refractivity contribution in [3.05, 3.63) is 23.3 Å². The number of aliphatic hydroxyl groups is 2. The Morgan fingerprint density at radius 1 is 1.21 bits per heavy atom. The number of nitrogens with one attached hydrogen (secondary N) is 1.